The fraction of sp³-hybridized carbons (Fsp3) is 0.0909. The molecule has 0 amide bonds. The number of aryl methyl sites for hydroxylation is 2. The molecular formula is C22H19NO2S. The van der Waals surface area contributed by atoms with Gasteiger partial charge in [-0.2, -0.15) is 0 Å². The molecule has 0 aliphatic carbocycles. The van der Waals surface area contributed by atoms with Gasteiger partial charge < -0.3 is 5.11 Å². The lowest BCUT2D eigenvalue weighted by Gasteiger charge is -2.04. The molecule has 0 heterocycles. The fourth-order valence-electron chi connectivity index (χ4n) is 2.39. The second-order valence-electron chi connectivity index (χ2n) is 6.05. The van der Waals surface area contributed by atoms with Gasteiger partial charge in [0.1, 0.15) is 0 Å². The van der Waals surface area contributed by atoms with Crippen molar-refractivity contribution in [2.24, 2.45) is 4.99 Å². The molecule has 0 fully saturated rings. The maximum absolute atomic E-state index is 11.1. The van der Waals surface area contributed by atoms with Crippen LogP contribution < -0.4 is 0 Å². The lowest BCUT2D eigenvalue weighted by Crippen LogP contribution is -1.95. The van der Waals surface area contributed by atoms with E-state index in [-0.39, 0.29) is 5.56 Å². The van der Waals surface area contributed by atoms with Crippen molar-refractivity contribution in [1.29, 1.82) is 0 Å². The topological polar surface area (TPSA) is 49.7 Å². The van der Waals surface area contributed by atoms with Crippen LogP contribution in [0.1, 0.15) is 27.0 Å². The van der Waals surface area contributed by atoms with Crippen LogP contribution in [0.3, 0.4) is 0 Å². The molecule has 26 heavy (non-hydrogen) atoms. The van der Waals surface area contributed by atoms with E-state index in [1.54, 1.807) is 36.2 Å². The summed E-state index contributed by atoms with van der Waals surface area (Å²) in [6.07, 6.45) is 1.76. The summed E-state index contributed by atoms with van der Waals surface area (Å²) in [6.45, 7) is 4.00. The van der Waals surface area contributed by atoms with Crippen molar-refractivity contribution in [2.45, 2.75) is 23.6 Å². The van der Waals surface area contributed by atoms with Gasteiger partial charge in [0.05, 0.1) is 11.3 Å². The first-order chi connectivity index (χ1) is 12.5. The van der Waals surface area contributed by atoms with Gasteiger partial charge in [-0.15, -0.1) is 0 Å². The van der Waals surface area contributed by atoms with Crippen molar-refractivity contribution >= 4 is 29.6 Å². The van der Waals surface area contributed by atoms with Crippen molar-refractivity contribution in [1.82, 2.24) is 0 Å². The average Bonchev–Trinajstić information content (AvgIpc) is 2.64. The zero-order chi connectivity index (χ0) is 18.5. The first kappa shape index (κ1) is 18.0. The summed E-state index contributed by atoms with van der Waals surface area (Å²) < 4.78 is 0. The number of hydrogen-bond donors (Lipinski definition) is 1. The third-order valence-corrected chi connectivity index (χ3v) is 4.96. The van der Waals surface area contributed by atoms with Gasteiger partial charge in [0.15, 0.2) is 0 Å². The Balaban J connectivity index is 1.73. The maximum Gasteiger partial charge on any atom is 0.335 e. The predicted octanol–water partition coefficient (Wildman–Crippen LogP) is 5.90. The lowest BCUT2D eigenvalue weighted by molar-refractivity contribution is 0.0697. The van der Waals surface area contributed by atoms with Gasteiger partial charge in [-0.05, 0) is 61.4 Å². The molecule has 130 valence electrons. The summed E-state index contributed by atoms with van der Waals surface area (Å²) in [7, 11) is 0. The van der Waals surface area contributed by atoms with Gasteiger partial charge in [-0.25, -0.2) is 4.79 Å². The number of aromatic carboxylic acids is 1. The lowest BCUT2D eigenvalue weighted by atomic mass is 10.1. The van der Waals surface area contributed by atoms with Crippen molar-refractivity contribution in [3.63, 3.8) is 0 Å². The van der Waals surface area contributed by atoms with Crippen LogP contribution in [0.4, 0.5) is 5.69 Å². The Morgan fingerprint density at radius 3 is 2.15 bits per heavy atom. The minimum atomic E-state index is -0.945. The monoisotopic (exact) mass is 361 g/mol. The minimum absolute atomic E-state index is 0.243. The van der Waals surface area contributed by atoms with Crippen LogP contribution >= 0.6 is 11.8 Å². The zero-order valence-corrected chi connectivity index (χ0v) is 15.5. The number of benzene rings is 3. The summed E-state index contributed by atoms with van der Waals surface area (Å²) in [5.41, 5.74) is 4.08. The van der Waals surface area contributed by atoms with E-state index in [9.17, 15) is 4.79 Å². The largest absolute Gasteiger partial charge is 0.478 e. The molecule has 0 aliphatic rings. The molecule has 3 nitrogen and oxygen atoms in total. The Labute approximate surface area is 157 Å². The molecular weight excluding hydrogens is 342 g/mol. The molecule has 0 bridgehead atoms. The van der Waals surface area contributed by atoms with Crippen LogP contribution in [0, 0.1) is 13.8 Å². The molecule has 0 aromatic heterocycles. The SMILES string of the molecule is Cc1ccc(Sc2ccc(C=Nc3cc(C(=O)O)ccc3C)cc2)cc1. The molecule has 0 unspecified atom stereocenters. The van der Waals surface area contributed by atoms with Crippen LogP contribution in [0.15, 0.2) is 81.5 Å². The quantitative estimate of drug-likeness (QED) is 0.575. The Kier molecular flexibility index (Phi) is 5.54. The van der Waals surface area contributed by atoms with Gasteiger partial charge >= 0.3 is 5.97 Å². The third-order valence-electron chi connectivity index (χ3n) is 3.95. The first-order valence-electron chi connectivity index (χ1n) is 8.24. The van der Waals surface area contributed by atoms with Gasteiger partial charge in [0, 0.05) is 16.0 Å². The van der Waals surface area contributed by atoms with Crippen LogP contribution in [0.2, 0.25) is 0 Å². The van der Waals surface area contributed by atoms with Crippen molar-refractivity contribution in [3.05, 3.63) is 89.0 Å². The van der Waals surface area contributed by atoms with Crippen LogP contribution in [0.5, 0.6) is 0 Å². The smallest absolute Gasteiger partial charge is 0.335 e. The van der Waals surface area contributed by atoms with Crippen LogP contribution in [-0.2, 0) is 0 Å². The number of aliphatic imine (C=N–C) groups is 1. The number of hydrogen-bond acceptors (Lipinski definition) is 3. The molecule has 1 N–H and O–H groups in total. The molecule has 3 aromatic carbocycles. The molecule has 3 aromatic rings. The Morgan fingerprint density at radius 1 is 0.923 bits per heavy atom. The van der Waals surface area contributed by atoms with E-state index in [0.29, 0.717) is 5.69 Å². The Hall–Kier alpha value is -2.85. The van der Waals surface area contributed by atoms with E-state index in [1.807, 2.05) is 19.1 Å². The molecule has 0 saturated heterocycles. The molecule has 0 saturated carbocycles. The van der Waals surface area contributed by atoms with Gasteiger partial charge in [-0.3, -0.25) is 4.99 Å². The highest BCUT2D eigenvalue weighted by molar-refractivity contribution is 7.99. The number of nitrogens with zero attached hydrogens (tertiary/aromatic N) is 1. The first-order valence-corrected chi connectivity index (χ1v) is 9.05. The molecule has 0 spiro atoms. The van der Waals surface area contributed by atoms with E-state index in [1.165, 1.54) is 10.5 Å². The van der Waals surface area contributed by atoms with E-state index < -0.39 is 5.97 Å². The van der Waals surface area contributed by atoms with Crippen molar-refractivity contribution in [2.75, 3.05) is 0 Å². The zero-order valence-electron chi connectivity index (χ0n) is 14.6. The highest BCUT2D eigenvalue weighted by Gasteiger charge is 2.05. The third kappa shape index (κ3) is 4.61. The van der Waals surface area contributed by atoms with E-state index in [4.69, 9.17) is 5.11 Å². The number of carboxylic acids is 1. The fourth-order valence-corrected chi connectivity index (χ4v) is 3.21. The second kappa shape index (κ2) is 8.02. The maximum atomic E-state index is 11.1. The number of rotatable bonds is 5. The van der Waals surface area contributed by atoms with E-state index in [0.717, 1.165) is 16.0 Å². The van der Waals surface area contributed by atoms with Crippen LogP contribution in [-0.4, -0.2) is 17.3 Å². The predicted molar refractivity (Wildman–Crippen MR) is 107 cm³/mol. The van der Waals surface area contributed by atoms with Gasteiger partial charge in [-0.1, -0.05) is 47.7 Å². The van der Waals surface area contributed by atoms with Gasteiger partial charge in [0.25, 0.3) is 0 Å². The Bertz CT molecular complexity index is 945. The van der Waals surface area contributed by atoms with E-state index in [2.05, 4.69) is 48.3 Å². The van der Waals surface area contributed by atoms with E-state index >= 15 is 0 Å². The second-order valence-corrected chi connectivity index (χ2v) is 7.20. The molecule has 0 atom stereocenters. The minimum Gasteiger partial charge on any atom is -0.478 e. The summed E-state index contributed by atoms with van der Waals surface area (Å²) >= 11 is 1.72. The molecule has 3 rings (SSSR count). The highest BCUT2D eigenvalue weighted by atomic mass is 32.2. The highest BCUT2D eigenvalue weighted by Crippen LogP contribution is 2.28. The molecule has 0 radical (unpaired) electrons. The summed E-state index contributed by atoms with van der Waals surface area (Å²) in [4.78, 5) is 17.9. The summed E-state index contributed by atoms with van der Waals surface area (Å²) in [6, 6.07) is 21.6. The number of carbonyl (C=O) groups is 1. The summed E-state index contributed by atoms with van der Waals surface area (Å²) in [5.74, 6) is -0.945. The summed E-state index contributed by atoms with van der Waals surface area (Å²) in [5, 5.41) is 9.10. The normalized spacial score (nSPS) is 11.0. The standard InChI is InChI=1S/C22H19NO2S/c1-15-3-9-19(10-4-15)26-20-11-6-17(7-12-20)14-23-21-13-18(22(24)25)8-5-16(21)2/h3-14H,1-2H3,(H,24,25). The molecule has 4 heteroatoms. The van der Waals surface area contributed by atoms with Gasteiger partial charge in [0.2, 0.25) is 0 Å². The van der Waals surface area contributed by atoms with Crippen molar-refractivity contribution < 1.29 is 9.90 Å². The number of carboxylic acid groups (broad SMARTS) is 1. The average molecular weight is 361 g/mol. The van der Waals surface area contributed by atoms with Crippen molar-refractivity contribution in [3.8, 4) is 0 Å². The van der Waals surface area contributed by atoms with Crippen LogP contribution in [0.25, 0.3) is 0 Å². The molecule has 0 aliphatic heterocycles. The Morgan fingerprint density at radius 2 is 1.54 bits per heavy atom.